The molecule has 1 aromatic heterocycles. The van der Waals surface area contributed by atoms with Crippen LogP contribution in [0.5, 0.6) is 0 Å². The van der Waals surface area contributed by atoms with Crippen molar-refractivity contribution >= 4 is 51.6 Å². The molecule has 2 fully saturated rings. The lowest BCUT2D eigenvalue weighted by molar-refractivity contribution is 0.426. The molecule has 1 aromatic carbocycles. The molecule has 0 aliphatic carbocycles. The van der Waals surface area contributed by atoms with Crippen molar-refractivity contribution in [2.45, 2.75) is 29.1 Å². The minimum absolute atomic E-state index is 0.157. The van der Waals surface area contributed by atoms with Crippen molar-refractivity contribution in [1.29, 1.82) is 0 Å². The third kappa shape index (κ3) is 5.87. The Morgan fingerprint density at radius 3 is 2.62 bits per heavy atom. The third-order valence-corrected chi connectivity index (χ3v) is 10.7. The fraction of sp³-hybridized carbons (Fsp3) is 0.476. The number of thiophene rings is 1. The van der Waals surface area contributed by atoms with Crippen molar-refractivity contribution in [2.75, 3.05) is 36.9 Å². The van der Waals surface area contributed by atoms with Crippen LogP contribution in [0.2, 0.25) is 0 Å². The Labute approximate surface area is 188 Å². The van der Waals surface area contributed by atoms with Gasteiger partial charge in [-0.1, -0.05) is 18.0 Å². The van der Waals surface area contributed by atoms with E-state index in [1.165, 1.54) is 26.2 Å². The van der Waals surface area contributed by atoms with Gasteiger partial charge in [-0.3, -0.25) is 0 Å². The number of hydrogen-bond acceptors (Lipinski definition) is 6. The van der Waals surface area contributed by atoms with Crippen LogP contribution in [0.4, 0.5) is 4.39 Å². The van der Waals surface area contributed by atoms with Crippen LogP contribution in [0, 0.1) is 5.82 Å². The van der Waals surface area contributed by atoms with Crippen molar-refractivity contribution in [2.24, 2.45) is 5.73 Å². The quantitative estimate of drug-likeness (QED) is 0.355. The van der Waals surface area contributed by atoms with E-state index in [9.17, 15) is 4.39 Å². The average molecular weight is 470 g/mol. The largest absolute Gasteiger partial charge is 0.326 e. The monoisotopic (exact) mass is 469 g/mol. The van der Waals surface area contributed by atoms with Crippen LogP contribution in [0.25, 0.3) is 0 Å². The first-order valence-corrected chi connectivity index (χ1v) is 14.2. The Bertz CT molecular complexity index is 816. The molecule has 3 nitrogen and oxygen atoms in total. The SMILES string of the molecule is C=S1CCN(SN2CC(c3ccc(F)cc3)CC2CSc2ccc(CN)s2)CC1. The minimum atomic E-state index is -0.157. The summed E-state index contributed by atoms with van der Waals surface area (Å²) in [4.78, 5) is 1.24. The summed E-state index contributed by atoms with van der Waals surface area (Å²) in [6, 6.07) is 11.9. The van der Waals surface area contributed by atoms with Gasteiger partial charge in [-0.05, 0) is 42.2 Å². The van der Waals surface area contributed by atoms with E-state index in [1.54, 1.807) is 23.5 Å². The van der Waals surface area contributed by atoms with Gasteiger partial charge in [0.2, 0.25) is 0 Å². The van der Waals surface area contributed by atoms with Gasteiger partial charge in [0.1, 0.15) is 5.82 Å². The highest BCUT2D eigenvalue weighted by atomic mass is 32.2. The lowest BCUT2D eigenvalue weighted by atomic mass is 9.97. The van der Waals surface area contributed by atoms with E-state index in [0.717, 1.165) is 31.8 Å². The number of hydrogen-bond donors (Lipinski definition) is 1. The number of halogens is 1. The fourth-order valence-electron chi connectivity index (χ4n) is 3.74. The van der Waals surface area contributed by atoms with E-state index in [2.05, 4.69) is 26.6 Å². The average Bonchev–Trinajstić information content (AvgIpc) is 3.35. The Morgan fingerprint density at radius 1 is 1.17 bits per heavy atom. The van der Waals surface area contributed by atoms with Crippen LogP contribution in [-0.4, -0.2) is 57.4 Å². The smallest absolute Gasteiger partial charge is 0.123 e. The van der Waals surface area contributed by atoms with Crippen LogP contribution in [0.1, 0.15) is 22.8 Å². The zero-order valence-electron chi connectivity index (χ0n) is 16.5. The highest BCUT2D eigenvalue weighted by Gasteiger charge is 2.35. The zero-order chi connectivity index (χ0) is 20.2. The molecule has 2 unspecified atom stereocenters. The Hall–Kier alpha value is -0.350. The van der Waals surface area contributed by atoms with E-state index in [1.807, 2.05) is 36.0 Å². The summed E-state index contributed by atoms with van der Waals surface area (Å²) in [6.45, 7) is 3.89. The summed E-state index contributed by atoms with van der Waals surface area (Å²) in [5.41, 5.74) is 7.02. The summed E-state index contributed by atoms with van der Waals surface area (Å²) in [6.07, 6.45) is 1.12. The lowest BCUT2D eigenvalue weighted by Crippen LogP contribution is -2.35. The lowest BCUT2D eigenvalue weighted by Gasteiger charge is -2.32. The molecule has 8 heteroatoms. The summed E-state index contributed by atoms with van der Waals surface area (Å²) >= 11 is 5.67. The first-order chi connectivity index (χ1) is 14.1. The van der Waals surface area contributed by atoms with Crippen LogP contribution >= 0.6 is 45.7 Å². The topological polar surface area (TPSA) is 32.5 Å². The van der Waals surface area contributed by atoms with Gasteiger partial charge in [-0.15, -0.1) is 23.1 Å². The van der Waals surface area contributed by atoms with E-state index in [4.69, 9.17) is 5.73 Å². The predicted molar refractivity (Wildman–Crippen MR) is 131 cm³/mol. The molecule has 3 heterocycles. The van der Waals surface area contributed by atoms with Crippen LogP contribution in [-0.2, 0) is 6.54 Å². The zero-order valence-corrected chi connectivity index (χ0v) is 19.7. The molecule has 29 heavy (non-hydrogen) atoms. The Kier molecular flexibility index (Phi) is 7.77. The summed E-state index contributed by atoms with van der Waals surface area (Å²) in [7, 11) is 0.339. The van der Waals surface area contributed by atoms with Gasteiger partial charge in [0, 0.05) is 66.5 Å². The van der Waals surface area contributed by atoms with Gasteiger partial charge in [0.25, 0.3) is 0 Å². The van der Waals surface area contributed by atoms with Crippen LogP contribution in [0.15, 0.2) is 40.6 Å². The van der Waals surface area contributed by atoms with Gasteiger partial charge in [-0.2, -0.15) is 10.5 Å². The molecule has 0 radical (unpaired) electrons. The second-order valence-electron chi connectivity index (χ2n) is 7.50. The maximum absolute atomic E-state index is 13.4. The molecule has 2 N–H and O–H groups in total. The van der Waals surface area contributed by atoms with Crippen LogP contribution in [0.3, 0.4) is 0 Å². The highest BCUT2D eigenvalue weighted by Crippen LogP contribution is 2.40. The molecule has 0 saturated carbocycles. The molecular weight excluding hydrogens is 442 g/mol. The minimum Gasteiger partial charge on any atom is -0.326 e. The van der Waals surface area contributed by atoms with E-state index >= 15 is 0 Å². The summed E-state index contributed by atoms with van der Waals surface area (Å²) in [5, 5.41) is 0. The number of benzene rings is 1. The number of nitrogens with two attached hydrogens (primary N) is 1. The van der Waals surface area contributed by atoms with Gasteiger partial charge in [-0.25, -0.2) is 13.0 Å². The van der Waals surface area contributed by atoms with Gasteiger partial charge >= 0.3 is 0 Å². The Morgan fingerprint density at radius 2 is 1.93 bits per heavy atom. The number of rotatable bonds is 7. The third-order valence-electron chi connectivity index (χ3n) is 5.44. The number of thioether (sulfide) groups is 1. The van der Waals surface area contributed by atoms with Gasteiger partial charge in [0.05, 0.1) is 4.21 Å². The maximum Gasteiger partial charge on any atom is 0.123 e. The molecule has 158 valence electrons. The van der Waals surface area contributed by atoms with Gasteiger partial charge in [0.15, 0.2) is 0 Å². The summed E-state index contributed by atoms with van der Waals surface area (Å²) < 4.78 is 19.8. The first-order valence-electron chi connectivity index (χ1n) is 9.94. The predicted octanol–water partition coefficient (Wildman–Crippen LogP) is 4.88. The molecule has 2 saturated heterocycles. The van der Waals surface area contributed by atoms with Crippen molar-refractivity contribution in [3.63, 3.8) is 0 Å². The molecular formula is C21H28FN3S4. The van der Waals surface area contributed by atoms with Crippen molar-refractivity contribution in [1.82, 2.24) is 8.61 Å². The van der Waals surface area contributed by atoms with Crippen LogP contribution < -0.4 is 5.73 Å². The standard InChI is InChI=1S/C21H28FN3S4/c1-29-10-8-24(9-11-29)28-25-14-17(16-2-4-18(22)5-3-16)12-19(25)15-26-21-7-6-20(13-23)27-21/h2-7,17,19H,1,8-15,23H2. The fourth-order valence-corrected chi connectivity index (χ4v) is 8.63. The van der Waals surface area contributed by atoms with Gasteiger partial charge < -0.3 is 5.73 Å². The molecule has 2 aliphatic rings. The summed E-state index contributed by atoms with van der Waals surface area (Å²) in [5.74, 6) is 8.04. The first kappa shape index (κ1) is 21.9. The molecule has 2 aromatic rings. The number of nitrogens with zero attached hydrogens (tertiary/aromatic N) is 2. The Balaban J connectivity index is 1.42. The van der Waals surface area contributed by atoms with Crippen molar-refractivity contribution in [3.8, 4) is 0 Å². The maximum atomic E-state index is 13.4. The molecule has 0 bridgehead atoms. The molecule has 0 amide bonds. The second-order valence-corrected chi connectivity index (χ2v) is 13.2. The van der Waals surface area contributed by atoms with E-state index in [0.29, 0.717) is 29.0 Å². The van der Waals surface area contributed by atoms with E-state index < -0.39 is 0 Å². The van der Waals surface area contributed by atoms with Crippen molar-refractivity contribution < 1.29 is 4.39 Å². The molecule has 0 spiro atoms. The van der Waals surface area contributed by atoms with E-state index in [-0.39, 0.29) is 5.82 Å². The second kappa shape index (κ2) is 10.3. The highest BCUT2D eigenvalue weighted by molar-refractivity contribution is 8.14. The van der Waals surface area contributed by atoms with Crippen molar-refractivity contribution in [3.05, 3.63) is 52.7 Å². The molecule has 4 rings (SSSR count). The normalized spacial score (nSPS) is 24.3. The molecule has 2 aliphatic heterocycles. The molecule has 2 atom stereocenters.